The van der Waals surface area contributed by atoms with Gasteiger partial charge in [-0.05, 0) is 30.7 Å². The Labute approximate surface area is 173 Å². The van der Waals surface area contributed by atoms with E-state index in [1.165, 1.54) is 28.7 Å². The molecule has 0 unspecified atom stereocenters. The monoisotopic (exact) mass is 437 g/mol. The summed E-state index contributed by atoms with van der Waals surface area (Å²) in [7, 11) is -3.88. The molecular formula is C19H17ClFN3O4S. The topological polar surface area (TPSA) is 73.1 Å². The Hall–Kier alpha value is -2.67. The number of rotatable bonds is 6. The van der Waals surface area contributed by atoms with Crippen LogP contribution in [0.4, 0.5) is 10.1 Å². The zero-order chi connectivity index (χ0) is 21.2. The number of hydrogen-bond acceptors (Lipinski definition) is 5. The van der Waals surface area contributed by atoms with E-state index in [2.05, 4.69) is 16.4 Å². The van der Waals surface area contributed by atoms with Crippen molar-refractivity contribution in [2.24, 2.45) is 0 Å². The fourth-order valence-corrected chi connectivity index (χ4v) is 4.25. The summed E-state index contributed by atoms with van der Waals surface area (Å²) in [5.41, 5.74) is 0.309. The normalized spacial score (nSPS) is 17.2. The Morgan fingerprint density at radius 2 is 2.17 bits per heavy atom. The van der Waals surface area contributed by atoms with E-state index >= 15 is 0 Å². The van der Waals surface area contributed by atoms with Gasteiger partial charge in [-0.3, -0.25) is 0 Å². The number of hydrogen-bond donors (Lipinski definition) is 0. The molecule has 0 saturated carbocycles. The van der Waals surface area contributed by atoms with Gasteiger partial charge in [0, 0.05) is 18.8 Å². The van der Waals surface area contributed by atoms with Crippen molar-refractivity contribution >= 4 is 27.3 Å². The number of nitrogens with zero attached hydrogens (tertiary/aromatic N) is 3. The summed E-state index contributed by atoms with van der Waals surface area (Å²) < 4.78 is 52.1. The molecule has 0 spiro atoms. The minimum Gasteiger partial charge on any atom is -0.491 e. The van der Waals surface area contributed by atoms with Crippen molar-refractivity contribution in [1.29, 1.82) is 0 Å². The maximum absolute atomic E-state index is 14.1. The van der Waals surface area contributed by atoms with Gasteiger partial charge in [0.25, 0.3) is 10.0 Å². The van der Waals surface area contributed by atoms with Crippen LogP contribution in [0, 0.1) is 12.4 Å². The zero-order valence-electron chi connectivity index (χ0n) is 15.4. The number of halogens is 2. The molecule has 0 aliphatic carbocycles. The van der Waals surface area contributed by atoms with Crippen LogP contribution in [0.25, 0.3) is 4.85 Å². The molecule has 2 heterocycles. The average molecular weight is 438 g/mol. The summed E-state index contributed by atoms with van der Waals surface area (Å²) in [5, 5.41) is 0.183. The molecule has 0 amide bonds. The van der Waals surface area contributed by atoms with Crippen LogP contribution in [0.15, 0.2) is 47.6 Å². The van der Waals surface area contributed by atoms with Crippen LogP contribution in [0.2, 0.25) is 5.02 Å². The van der Waals surface area contributed by atoms with Gasteiger partial charge in [-0.25, -0.2) is 22.6 Å². The van der Waals surface area contributed by atoms with Gasteiger partial charge in [0.1, 0.15) is 11.9 Å². The predicted octanol–water partition coefficient (Wildman–Crippen LogP) is 3.83. The highest BCUT2D eigenvalue weighted by Gasteiger charge is 2.37. The molecule has 3 rings (SSSR count). The lowest BCUT2D eigenvalue weighted by Crippen LogP contribution is -2.31. The molecule has 1 atom stereocenters. The second kappa shape index (κ2) is 8.37. The van der Waals surface area contributed by atoms with Crippen LogP contribution >= 0.6 is 11.6 Å². The average Bonchev–Trinajstić information content (AvgIpc) is 3.05. The SMILES string of the molecule is [C-]#[N+]c1cc(OCC)c(O[C@H]2CN(S(=O)(=O)c3ccc(Cl)cn3)CC2=C)cc1F. The number of benzene rings is 1. The lowest BCUT2D eigenvalue weighted by molar-refractivity contribution is 0.223. The van der Waals surface area contributed by atoms with Gasteiger partial charge < -0.3 is 9.47 Å². The maximum Gasteiger partial charge on any atom is 0.260 e. The van der Waals surface area contributed by atoms with Crippen LogP contribution in [0.1, 0.15) is 6.92 Å². The molecule has 1 fully saturated rings. The fourth-order valence-electron chi connectivity index (χ4n) is 2.78. The van der Waals surface area contributed by atoms with Gasteiger partial charge in [-0.1, -0.05) is 18.2 Å². The van der Waals surface area contributed by atoms with Gasteiger partial charge in [-0.15, -0.1) is 0 Å². The predicted molar refractivity (Wildman–Crippen MR) is 105 cm³/mol. The van der Waals surface area contributed by atoms with Crippen molar-refractivity contribution < 1.29 is 22.3 Å². The van der Waals surface area contributed by atoms with E-state index in [0.29, 0.717) is 10.6 Å². The Bertz CT molecular complexity index is 1080. The van der Waals surface area contributed by atoms with Crippen LogP contribution in [-0.2, 0) is 10.0 Å². The van der Waals surface area contributed by atoms with Crippen molar-refractivity contribution in [2.75, 3.05) is 19.7 Å². The van der Waals surface area contributed by atoms with Crippen LogP contribution in [0.5, 0.6) is 11.5 Å². The van der Waals surface area contributed by atoms with E-state index in [9.17, 15) is 12.8 Å². The molecule has 152 valence electrons. The van der Waals surface area contributed by atoms with Crippen molar-refractivity contribution in [1.82, 2.24) is 9.29 Å². The van der Waals surface area contributed by atoms with Crippen molar-refractivity contribution in [3.05, 3.63) is 64.9 Å². The summed E-state index contributed by atoms with van der Waals surface area (Å²) in [6, 6.07) is 5.07. The minimum atomic E-state index is -3.88. The van der Waals surface area contributed by atoms with Gasteiger partial charge in [0.05, 0.1) is 24.7 Å². The Morgan fingerprint density at radius 1 is 1.41 bits per heavy atom. The smallest absolute Gasteiger partial charge is 0.260 e. The molecule has 2 aromatic rings. The summed E-state index contributed by atoms with van der Waals surface area (Å²) in [4.78, 5) is 6.97. The molecule has 1 aliphatic heterocycles. The van der Waals surface area contributed by atoms with Gasteiger partial charge >= 0.3 is 0 Å². The van der Waals surface area contributed by atoms with E-state index in [-0.39, 0.29) is 41.9 Å². The molecule has 29 heavy (non-hydrogen) atoms. The third-order valence-corrected chi connectivity index (χ3v) is 6.16. The van der Waals surface area contributed by atoms with Crippen molar-refractivity contribution in [3.63, 3.8) is 0 Å². The maximum atomic E-state index is 14.1. The molecule has 1 aromatic heterocycles. The zero-order valence-corrected chi connectivity index (χ0v) is 17.0. The molecule has 0 N–H and O–H groups in total. The Kier molecular flexibility index (Phi) is 6.07. The molecule has 0 radical (unpaired) electrons. The third kappa shape index (κ3) is 4.34. The van der Waals surface area contributed by atoms with E-state index in [1.807, 2.05) is 0 Å². The second-order valence-electron chi connectivity index (χ2n) is 6.17. The molecule has 10 heteroatoms. The minimum absolute atomic E-state index is 0.0246. The summed E-state index contributed by atoms with van der Waals surface area (Å²) >= 11 is 5.77. The first-order valence-corrected chi connectivity index (χ1v) is 10.4. The molecule has 7 nitrogen and oxygen atoms in total. The first kappa shape index (κ1) is 21.0. The largest absolute Gasteiger partial charge is 0.491 e. The highest BCUT2D eigenvalue weighted by Crippen LogP contribution is 2.37. The molecular weight excluding hydrogens is 421 g/mol. The highest BCUT2D eigenvalue weighted by atomic mass is 35.5. The quantitative estimate of drug-likeness (QED) is 0.507. The summed E-state index contributed by atoms with van der Waals surface area (Å²) in [6.45, 7) is 12.9. The lowest BCUT2D eigenvalue weighted by Gasteiger charge is -2.19. The first-order valence-electron chi connectivity index (χ1n) is 8.56. The Morgan fingerprint density at radius 3 is 2.79 bits per heavy atom. The Balaban J connectivity index is 1.84. The number of aromatic nitrogens is 1. The lowest BCUT2D eigenvalue weighted by atomic mass is 10.2. The van der Waals surface area contributed by atoms with Crippen LogP contribution in [0.3, 0.4) is 0 Å². The third-order valence-electron chi connectivity index (χ3n) is 4.21. The standard InChI is InChI=1S/C19H17ClFN3O4S/c1-4-27-16-8-15(22-3)14(21)7-17(16)28-18-11-24(10-12(18)2)29(25,26)19-6-5-13(20)9-23-19/h5-9,18H,2,4,10-11H2,1H3/t18-/m0/s1. The molecule has 1 saturated heterocycles. The number of sulfonamides is 1. The van der Waals surface area contributed by atoms with Gasteiger partial charge in [0.2, 0.25) is 5.69 Å². The van der Waals surface area contributed by atoms with Crippen LogP contribution in [-0.4, -0.2) is 43.5 Å². The van der Waals surface area contributed by atoms with E-state index in [1.54, 1.807) is 6.92 Å². The molecule has 0 bridgehead atoms. The number of pyridine rings is 1. The van der Waals surface area contributed by atoms with Gasteiger partial charge in [0.15, 0.2) is 16.5 Å². The second-order valence-corrected chi connectivity index (χ2v) is 8.49. The highest BCUT2D eigenvalue weighted by molar-refractivity contribution is 7.89. The number of ether oxygens (including phenoxy) is 2. The van der Waals surface area contributed by atoms with E-state index in [4.69, 9.17) is 27.6 Å². The molecule has 1 aliphatic rings. The van der Waals surface area contributed by atoms with Crippen molar-refractivity contribution in [2.45, 2.75) is 18.1 Å². The summed E-state index contributed by atoms with van der Waals surface area (Å²) in [5.74, 6) is -0.475. The van der Waals surface area contributed by atoms with Gasteiger partial charge in [-0.2, -0.15) is 4.31 Å². The van der Waals surface area contributed by atoms with E-state index < -0.39 is 21.9 Å². The fraction of sp³-hybridized carbons (Fsp3) is 0.263. The van der Waals surface area contributed by atoms with Crippen LogP contribution < -0.4 is 9.47 Å². The van der Waals surface area contributed by atoms with E-state index in [0.717, 1.165) is 6.07 Å². The summed E-state index contributed by atoms with van der Waals surface area (Å²) in [6.07, 6.45) is 0.540. The molecule has 1 aromatic carbocycles. The first-order chi connectivity index (χ1) is 13.8. The van der Waals surface area contributed by atoms with Crippen molar-refractivity contribution in [3.8, 4) is 11.5 Å².